The van der Waals surface area contributed by atoms with Crippen LogP contribution >= 0.6 is 34.9 Å². The number of hydrogen-bond donors (Lipinski definition) is 1. The van der Waals surface area contributed by atoms with Gasteiger partial charge in [-0.05, 0) is 24.0 Å². The van der Waals surface area contributed by atoms with Gasteiger partial charge >= 0.3 is 0 Å². The summed E-state index contributed by atoms with van der Waals surface area (Å²) >= 11 is 4.31. The van der Waals surface area contributed by atoms with Crippen molar-refractivity contribution >= 4 is 45.9 Å². The molecule has 0 saturated carbocycles. The molecule has 1 amide bonds. The summed E-state index contributed by atoms with van der Waals surface area (Å²) in [5.74, 6) is 0.629. The van der Waals surface area contributed by atoms with Crippen LogP contribution < -0.4 is 5.32 Å². The Morgan fingerprint density at radius 1 is 1.35 bits per heavy atom. The minimum absolute atomic E-state index is 0.110. The SMILES string of the molecule is CSc1nnc(NC(=O)CSCc2ccc(F)cc2)s1. The first-order valence-electron chi connectivity index (χ1n) is 5.67. The molecule has 0 spiro atoms. The van der Waals surface area contributed by atoms with Crippen molar-refractivity contribution < 1.29 is 9.18 Å². The van der Waals surface area contributed by atoms with Crippen molar-refractivity contribution in [3.8, 4) is 0 Å². The predicted octanol–water partition coefficient (Wildman–Crippen LogP) is 3.27. The summed E-state index contributed by atoms with van der Waals surface area (Å²) in [6, 6.07) is 6.27. The largest absolute Gasteiger partial charge is 0.300 e. The molecule has 0 saturated heterocycles. The quantitative estimate of drug-likeness (QED) is 0.651. The molecule has 20 heavy (non-hydrogen) atoms. The standard InChI is InChI=1S/C12H12FN3OS3/c1-18-12-16-15-11(20-12)14-10(17)7-19-6-8-2-4-9(13)5-3-8/h2-5H,6-7H2,1H3,(H,14,15,17). The van der Waals surface area contributed by atoms with Gasteiger partial charge in [0.1, 0.15) is 5.82 Å². The van der Waals surface area contributed by atoms with Crippen molar-refractivity contribution in [2.45, 2.75) is 10.1 Å². The predicted molar refractivity (Wildman–Crippen MR) is 82.9 cm³/mol. The molecule has 0 bridgehead atoms. The molecule has 1 N–H and O–H groups in total. The summed E-state index contributed by atoms with van der Waals surface area (Å²) in [7, 11) is 0. The van der Waals surface area contributed by atoms with Crippen LogP contribution in [-0.4, -0.2) is 28.1 Å². The van der Waals surface area contributed by atoms with E-state index in [9.17, 15) is 9.18 Å². The summed E-state index contributed by atoms with van der Waals surface area (Å²) in [6.07, 6.45) is 1.91. The number of halogens is 1. The number of carbonyl (C=O) groups is 1. The smallest absolute Gasteiger partial charge is 0.236 e. The lowest BCUT2D eigenvalue weighted by Crippen LogP contribution is -2.13. The number of rotatable bonds is 6. The van der Waals surface area contributed by atoms with Crippen LogP contribution in [0.25, 0.3) is 0 Å². The first-order valence-corrected chi connectivity index (χ1v) is 8.86. The fourth-order valence-corrected chi connectivity index (χ4v) is 3.31. The molecule has 1 heterocycles. The molecule has 2 rings (SSSR count). The fraction of sp³-hybridized carbons (Fsp3) is 0.250. The maximum absolute atomic E-state index is 12.7. The third-order valence-corrected chi connectivity index (χ3v) is 5.06. The zero-order valence-corrected chi connectivity index (χ0v) is 13.1. The monoisotopic (exact) mass is 329 g/mol. The molecule has 4 nitrogen and oxygen atoms in total. The van der Waals surface area contributed by atoms with Crippen LogP contribution in [-0.2, 0) is 10.5 Å². The molecule has 0 radical (unpaired) electrons. The highest BCUT2D eigenvalue weighted by Crippen LogP contribution is 2.23. The van der Waals surface area contributed by atoms with E-state index in [-0.39, 0.29) is 11.7 Å². The molecular formula is C12H12FN3OS3. The Hall–Kier alpha value is -1.12. The van der Waals surface area contributed by atoms with E-state index < -0.39 is 0 Å². The Labute approximate surface area is 128 Å². The molecule has 1 aromatic carbocycles. The van der Waals surface area contributed by atoms with Gasteiger partial charge in [-0.1, -0.05) is 35.2 Å². The van der Waals surface area contributed by atoms with E-state index in [1.165, 1.54) is 47.0 Å². The summed E-state index contributed by atoms with van der Waals surface area (Å²) in [6.45, 7) is 0. The molecular weight excluding hydrogens is 317 g/mol. The van der Waals surface area contributed by atoms with Crippen molar-refractivity contribution in [1.82, 2.24) is 10.2 Å². The topological polar surface area (TPSA) is 54.9 Å². The van der Waals surface area contributed by atoms with Crippen molar-refractivity contribution in [3.05, 3.63) is 35.6 Å². The van der Waals surface area contributed by atoms with Gasteiger partial charge in [-0.25, -0.2) is 4.39 Å². The number of amides is 1. The second-order valence-electron chi connectivity index (χ2n) is 3.74. The molecule has 0 unspecified atom stereocenters. The Bertz CT molecular complexity index is 574. The van der Waals surface area contributed by atoms with Gasteiger partial charge in [0.2, 0.25) is 11.0 Å². The van der Waals surface area contributed by atoms with E-state index >= 15 is 0 Å². The first kappa shape index (κ1) is 15.3. The van der Waals surface area contributed by atoms with Gasteiger partial charge in [-0.2, -0.15) is 0 Å². The maximum atomic E-state index is 12.7. The van der Waals surface area contributed by atoms with Crippen LogP contribution in [0, 0.1) is 5.82 Å². The van der Waals surface area contributed by atoms with Crippen LogP contribution in [0.5, 0.6) is 0 Å². The molecule has 0 atom stereocenters. The summed E-state index contributed by atoms with van der Waals surface area (Å²) in [4.78, 5) is 11.7. The lowest BCUT2D eigenvalue weighted by Gasteiger charge is -2.02. The van der Waals surface area contributed by atoms with Gasteiger partial charge in [0.25, 0.3) is 0 Å². The molecule has 0 fully saturated rings. The minimum atomic E-state index is -0.252. The van der Waals surface area contributed by atoms with Crippen LogP contribution in [0.15, 0.2) is 28.6 Å². The van der Waals surface area contributed by atoms with E-state index in [4.69, 9.17) is 0 Å². The Morgan fingerprint density at radius 2 is 2.10 bits per heavy atom. The average molecular weight is 329 g/mol. The van der Waals surface area contributed by atoms with Gasteiger partial charge in [-0.15, -0.1) is 22.0 Å². The molecule has 8 heteroatoms. The zero-order chi connectivity index (χ0) is 14.4. The Morgan fingerprint density at radius 3 is 2.75 bits per heavy atom. The van der Waals surface area contributed by atoms with E-state index in [0.29, 0.717) is 16.6 Å². The highest BCUT2D eigenvalue weighted by molar-refractivity contribution is 8.00. The molecule has 106 valence electrons. The highest BCUT2D eigenvalue weighted by Gasteiger charge is 2.07. The van der Waals surface area contributed by atoms with Crippen molar-refractivity contribution in [2.24, 2.45) is 0 Å². The highest BCUT2D eigenvalue weighted by atomic mass is 32.2. The van der Waals surface area contributed by atoms with Crippen LogP contribution in [0.4, 0.5) is 9.52 Å². The first-order chi connectivity index (χ1) is 9.67. The Balaban J connectivity index is 1.73. The van der Waals surface area contributed by atoms with Gasteiger partial charge in [-0.3, -0.25) is 10.1 Å². The summed E-state index contributed by atoms with van der Waals surface area (Å²) in [5, 5.41) is 11.0. The number of carbonyl (C=O) groups excluding carboxylic acids is 1. The number of anilines is 1. The number of nitrogens with one attached hydrogen (secondary N) is 1. The van der Waals surface area contributed by atoms with Gasteiger partial charge in [0.15, 0.2) is 4.34 Å². The third-order valence-electron chi connectivity index (χ3n) is 2.24. The second kappa shape index (κ2) is 7.61. The van der Waals surface area contributed by atoms with Crippen LogP contribution in [0.1, 0.15) is 5.56 Å². The number of hydrogen-bond acceptors (Lipinski definition) is 6. The molecule has 1 aromatic heterocycles. The van der Waals surface area contributed by atoms with Gasteiger partial charge in [0, 0.05) is 5.75 Å². The number of aromatic nitrogens is 2. The lowest BCUT2D eigenvalue weighted by atomic mass is 10.2. The van der Waals surface area contributed by atoms with E-state index in [1.807, 2.05) is 6.26 Å². The average Bonchev–Trinajstić information content (AvgIpc) is 2.88. The van der Waals surface area contributed by atoms with Crippen molar-refractivity contribution in [3.63, 3.8) is 0 Å². The van der Waals surface area contributed by atoms with E-state index in [0.717, 1.165) is 9.90 Å². The third kappa shape index (κ3) is 4.77. The maximum Gasteiger partial charge on any atom is 0.236 e. The molecule has 0 aliphatic heterocycles. The fourth-order valence-electron chi connectivity index (χ4n) is 1.34. The molecule has 0 aliphatic carbocycles. The van der Waals surface area contributed by atoms with Gasteiger partial charge < -0.3 is 0 Å². The zero-order valence-electron chi connectivity index (χ0n) is 10.6. The van der Waals surface area contributed by atoms with Crippen LogP contribution in [0.2, 0.25) is 0 Å². The molecule has 2 aromatic rings. The van der Waals surface area contributed by atoms with Gasteiger partial charge in [0.05, 0.1) is 5.75 Å². The summed E-state index contributed by atoms with van der Waals surface area (Å²) < 4.78 is 13.5. The number of benzene rings is 1. The number of thioether (sulfide) groups is 2. The second-order valence-corrected chi connectivity index (χ2v) is 6.76. The van der Waals surface area contributed by atoms with E-state index in [1.54, 1.807) is 12.1 Å². The minimum Gasteiger partial charge on any atom is -0.300 e. The lowest BCUT2D eigenvalue weighted by molar-refractivity contribution is -0.113. The Kier molecular flexibility index (Phi) is 5.81. The van der Waals surface area contributed by atoms with E-state index in [2.05, 4.69) is 15.5 Å². The molecule has 0 aliphatic rings. The summed E-state index contributed by atoms with van der Waals surface area (Å²) in [5.41, 5.74) is 0.991. The van der Waals surface area contributed by atoms with Crippen molar-refractivity contribution in [2.75, 3.05) is 17.3 Å². The van der Waals surface area contributed by atoms with Crippen molar-refractivity contribution in [1.29, 1.82) is 0 Å². The van der Waals surface area contributed by atoms with Crippen LogP contribution in [0.3, 0.4) is 0 Å². The number of nitrogens with zero attached hydrogens (tertiary/aromatic N) is 2. The normalized spacial score (nSPS) is 10.5.